The van der Waals surface area contributed by atoms with E-state index >= 15 is 0 Å². The van der Waals surface area contributed by atoms with Crippen molar-refractivity contribution in [3.8, 4) is 0 Å². The lowest BCUT2D eigenvalue weighted by molar-refractivity contribution is 0.0691. The fraction of sp³-hybridized carbons (Fsp3) is 0.188. The van der Waals surface area contributed by atoms with E-state index in [0.717, 1.165) is 28.7 Å². The van der Waals surface area contributed by atoms with Gasteiger partial charge in [0.05, 0.1) is 16.1 Å². The van der Waals surface area contributed by atoms with Crippen molar-refractivity contribution in [2.45, 2.75) is 23.1 Å². The third-order valence-electron chi connectivity index (χ3n) is 3.42. The molecule has 0 aromatic heterocycles. The highest BCUT2D eigenvalue weighted by Crippen LogP contribution is 2.26. The lowest BCUT2D eigenvalue weighted by atomic mass is 10.1. The number of rotatable bonds is 6. The normalized spacial score (nSPS) is 11.3. The topological polar surface area (TPSA) is 83.5 Å². The number of carboxylic acid groups (broad SMARTS) is 1. The van der Waals surface area contributed by atoms with Crippen LogP contribution in [0.15, 0.2) is 46.2 Å². The summed E-state index contributed by atoms with van der Waals surface area (Å²) < 4.78 is 40.8. The number of carbonyl (C=O) groups is 1. The van der Waals surface area contributed by atoms with E-state index in [2.05, 4.69) is 4.72 Å². The lowest BCUT2D eigenvalue weighted by Crippen LogP contribution is -2.15. The average Bonchev–Trinajstić information content (AvgIpc) is 2.54. The Kier molecular flexibility index (Phi) is 5.51. The van der Waals surface area contributed by atoms with Crippen molar-refractivity contribution in [1.82, 2.24) is 0 Å². The molecule has 8 heteroatoms. The lowest BCUT2D eigenvalue weighted by Gasteiger charge is -2.13. The van der Waals surface area contributed by atoms with Gasteiger partial charge in [-0.1, -0.05) is 6.92 Å². The molecule has 0 radical (unpaired) electrons. The number of nitrogens with one attached hydrogen (secondary N) is 1. The molecule has 0 aliphatic carbocycles. The van der Waals surface area contributed by atoms with Crippen molar-refractivity contribution in [2.75, 3.05) is 11.0 Å². The van der Waals surface area contributed by atoms with E-state index in [1.54, 1.807) is 23.9 Å². The highest BCUT2D eigenvalue weighted by molar-refractivity contribution is 7.98. The first-order valence-electron chi connectivity index (χ1n) is 7.01. The molecule has 2 aromatic rings. The molecule has 0 saturated carbocycles. The predicted octanol–water partition coefficient (Wildman–Crippen LogP) is 3.61. The van der Waals surface area contributed by atoms with E-state index < -0.39 is 27.4 Å². The van der Waals surface area contributed by atoms with Crippen molar-refractivity contribution in [3.05, 3.63) is 53.3 Å². The van der Waals surface area contributed by atoms with Gasteiger partial charge in [-0.2, -0.15) is 0 Å². The summed E-state index contributed by atoms with van der Waals surface area (Å²) in [7, 11) is -4.03. The largest absolute Gasteiger partial charge is 0.478 e. The molecule has 0 saturated heterocycles. The molecule has 2 rings (SSSR count). The second-order valence-corrected chi connectivity index (χ2v) is 7.49. The van der Waals surface area contributed by atoms with Crippen molar-refractivity contribution in [1.29, 1.82) is 0 Å². The summed E-state index contributed by atoms with van der Waals surface area (Å²) in [6.45, 7) is 1.90. The van der Waals surface area contributed by atoms with E-state index in [9.17, 15) is 17.6 Å². The molecular formula is C16H16FNO4S2. The van der Waals surface area contributed by atoms with Gasteiger partial charge in [0.25, 0.3) is 10.0 Å². The van der Waals surface area contributed by atoms with E-state index in [4.69, 9.17) is 5.11 Å². The van der Waals surface area contributed by atoms with Crippen molar-refractivity contribution in [3.63, 3.8) is 0 Å². The van der Waals surface area contributed by atoms with Crippen molar-refractivity contribution >= 4 is 33.4 Å². The van der Waals surface area contributed by atoms with Crippen LogP contribution in [0.2, 0.25) is 0 Å². The highest BCUT2D eigenvalue weighted by Gasteiger charge is 2.20. The summed E-state index contributed by atoms with van der Waals surface area (Å²) in [4.78, 5) is 11.7. The van der Waals surface area contributed by atoms with Crippen LogP contribution < -0.4 is 4.72 Å². The van der Waals surface area contributed by atoms with Gasteiger partial charge in [0.2, 0.25) is 0 Å². The summed E-state index contributed by atoms with van der Waals surface area (Å²) in [5, 5.41) is 8.93. The molecule has 0 amide bonds. The second kappa shape index (κ2) is 7.23. The number of aryl methyl sites for hydroxylation is 1. The maximum atomic E-state index is 13.4. The van der Waals surface area contributed by atoms with Gasteiger partial charge < -0.3 is 5.11 Å². The third kappa shape index (κ3) is 3.88. The molecule has 2 aromatic carbocycles. The summed E-state index contributed by atoms with van der Waals surface area (Å²) in [6, 6.07) is 8.00. The van der Waals surface area contributed by atoms with E-state index in [1.807, 2.05) is 19.2 Å². The zero-order valence-electron chi connectivity index (χ0n) is 13.0. The standard InChI is InChI=1S/C16H16FNO4S2/c1-3-10-8-11(23-2)4-7-15(10)18-24(21,22)12-5-6-14(17)13(9-12)16(19)20/h4-9,18H,3H2,1-2H3,(H,19,20). The van der Waals surface area contributed by atoms with E-state index in [1.165, 1.54) is 0 Å². The number of carboxylic acids is 1. The minimum atomic E-state index is -4.03. The van der Waals surface area contributed by atoms with Gasteiger partial charge in [-0.25, -0.2) is 17.6 Å². The number of halogens is 1. The van der Waals surface area contributed by atoms with Crippen LogP contribution >= 0.6 is 11.8 Å². The van der Waals surface area contributed by atoms with E-state index in [-0.39, 0.29) is 4.90 Å². The zero-order valence-corrected chi connectivity index (χ0v) is 14.7. The van der Waals surface area contributed by atoms with Crippen LogP contribution in [0, 0.1) is 5.82 Å². The molecule has 0 aliphatic heterocycles. The Hall–Kier alpha value is -2.06. The maximum absolute atomic E-state index is 13.4. The van der Waals surface area contributed by atoms with Gasteiger partial charge in [-0.05, 0) is 54.6 Å². The molecule has 5 nitrogen and oxygen atoms in total. The van der Waals surface area contributed by atoms with Crippen LogP contribution in [-0.4, -0.2) is 25.7 Å². The Labute approximate surface area is 144 Å². The molecule has 0 aliphatic rings. The summed E-state index contributed by atoms with van der Waals surface area (Å²) >= 11 is 1.54. The molecule has 0 unspecified atom stereocenters. The molecule has 0 bridgehead atoms. The summed E-state index contributed by atoms with van der Waals surface area (Å²) in [5.74, 6) is -2.51. The van der Waals surface area contributed by atoms with E-state index in [0.29, 0.717) is 12.1 Å². The number of aromatic carboxylic acids is 1. The minimum absolute atomic E-state index is 0.308. The van der Waals surface area contributed by atoms with Gasteiger partial charge >= 0.3 is 5.97 Å². The van der Waals surface area contributed by atoms with Gasteiger partial charge in [0, 0.05) is 4.90 Å². The Balaban J connectivity index is 2.42. The number of anilines is 1. The molecule has 0 heterocycles. The highest BCUT2D eigenvalue weighted by atomic mass is 32.2. The Morgan fingerprint density at radius 1 is 1.25 bits per heavy atom. The number of hydrogen-bond donors (Lipinski definition) is 2. The predicted molar refractivity (Wildman–Crippen MR) is 91.8 cm³/mol. The Bertz CT molecular complexity index is 882. The molecular weight excluding hydrogens is 353 g/mol. The first-order valence-corrected chi connectivity index (χ1v) is 9.72. The van der Waals surface area contributed by atoms with Crippen LogP contribution in [0.4, 0.5) is 10.1 Å². The first kappa shape index (κ1) is 18.3. The number of thioether (sulfide) groups is 1. The fourth-order valence-corrected chi connectivity index (χ4v) is 3.72. The van der Waals surface area contributed by atoms with Gasteiger partial charge in [0.1, 0.15) is 5.82 Å². The molecule has 2 N–H and O–H groups in total. The molecule has 0 atom stereocenters. The molecule has 128 valence electrons. The van der Waals surface area contributed by atoms with Crippen molar-refractivity contribution < 1.29 is 22.7 Å². The minimum Gasteiger partial charge on any atom is -0.478 e. The maximum Gasteiger partial charge on any atom is 0.338 e. The van der Waals surface area contributed by atoms with Crippen molar-refractivity contribution in [2.24, 2.45) is 0 Å². The number of benzene rings is 2. The average molecular weight is 369 g/mol. The summed E-state index contributed by atoms with van der Waals surface area (Å²) in [6.07, 6.45) is 2.54. The Morgan fingerprint density at radius 2 is 1.96 bits per heavy atom. The Morgan fingerprint density at radius 3 is 2.54 bits per heavy atom. The van der Waals surface area contributed by atoms with Crippen LogP contribution in [0.1, 0.15) is 22.8 Å². The SMILES string of the molecule is CCc1cc(SC)ccc1NS(=O)(=O)c1ccc(F)c(C(=O)O)c1. The number of hydrogen-bond acceptors (Lipinski definition) is 4. The second-order valence-electron chi connectivity index (χ2n) is 4.93. The van der Waals surface area contributed by atoms with Crippen LogP contribution in [-0.2, 0) is 16.4 Å². The fourth-order valence-electron chi connectivity index (χ4n) is 2.13. The smallest absolute Gasteiger partial charge is 0.338 e. The third-order valence-corrected chi connectivity index (χ3v) is 5.50. The molecule has 24 heavy (non-hydrogen) atoms. The first-order chi connectivity index (χ1) is 11.3. The van der Waals surface area contributed by atoms with Gasteiger partial charge in [-0.3, -0.25) is 4.72 Å². The van der Waals surface area contributed by atoms with Crippen LogP contribution in [0.5, 0.6) is 0 Å². The van der Waals surface area contributed by atoms with Crippen LogP contribution in [0.3, 0.4) is 0 Å². The molecule has 0 fully saturated rings. The van der Waals surface area contributed by atoms with Gasteiger partial charge in [-0.15, -0.1) is 11.8 Å². The quantitative estimate of drug-likeness (QED) is 0.760. The molecule has 0 spiro atoms. The summed E-state index contributed by atoms with van der Waals surface area (Å²) in [5.41, 5.74) is 0.536. The number of sulfonamides is 1. The monoisotopic (exact) mass is 369 g/mol. The van der Waals surface area contributed by atoms with Gasteiger partial charge in [0.15, 0.2) is 0 Å². The zero-order chi connectivity index (χ0) is 17.9. The van der Waals surface area contributed by atoms with Crippen LogP contribution in [0.25, 0.3) is 0 Å².